The lowest BCUT2D eigenvalue weighted by Gasteiger charge is -2.31. The molecule has 1 atom stereocenters. The zero-order valence-corrected chi connectivity index (χ0v) is 11.8. The highest BCUT2D eigenvalue weighted by Gasteiger charge is 2.31. The SMILES string of the molecule is CN=C(C)NCC1(Cl)C=C(Br)NC=NN1C. The van der Waals surface area contributed by atoms with Crippen LogP contribution in [-0.2, 0) is 0 Å². The summed E-state index contributed by atoms with van der Waals surface area (Å²) in [7, 11) is 3.54. The Balaban J connectivity index is 2.79. The fraction of sp³-hybridized carbons (Fsp3) is 0.556. The number of hydrazone groups is 1. The Kier molecular flexibility index (Phi) is 4.61. The van der Waals surface area contributed by atoms with E-state index in [0.29, 0.717) is 6.54 Å². The van der Waals surface area contributed by atoms with Crippen molar-refractivity contribution >= 4 is 39.7 Å². The molecule has 1 rings (SSSR count). The van der Waals surface area contributed by atoms with Crippen molar-refractivity contribution in [1.29, 1.82) is 0 Å². The second-order valence-electron chi connectivity index (χ2n) is 3.39. The second kappa shape index (κ2) is 5.54. The van der Waals surface area contributed by atoms with Crippen LogP contribution in [0.4, 0.5) is 0 Å². The van der Waals surface area contributed by atoms with Crippen molar-refractivity contribution in [1.82, 2.24) is 15.6 Å². The van der Waals surface area contributed by atoms with Gasteiger partial charge in [0.2, 0.25) is 0 Å². The van der Waals surface area contributed by atoms with Gasteiger partial charge in [-0.2, -0.15) is 5.10 Å². The van der Waals surface area contributed by atoms with Gasteiger partial charge in [0, 0.05) is 14.1 Å². The van der Waals surface area contributed by atoms with Crippen LogP contribution in [0.2, 0.25) is 0 Å². The molecule has 1 aliphatic heterocycles. The Hall–Kier alpha value is -0.750. The highest BCUT2D eigenvalue weighted by molar-refractivity contribution is 9.11. The van der Waals surface area contributed by atoms with E-state index in [1.54, 1.807) is 18.4 Å². The van der Waals surface area contributed by atoms with Crippen LogP contribution in [0.15, 0.2) is 20.8 Å². The van der Waals surface area contributed by atoms with Gasteiger partial charge < -0.3 is 10.6 Å². The minimum absolute atomic E-state index is 0.502. The first-order valence-corrected chi connectivity index (χ1v) is 5.92. The molecular weight excluding hydrogens is 293 g/mol. The number of alkyl halides is 1. The summed E-state index contributed by atoms with van der Waals surface area (Å²) in [5.41, 5.74) is 0. The lowest BCUT2D eigenvalue weighted by molar-refractivity contribution is 0.260. The molecule has 0 saturated carbocycles. The standard InChI is InChI=1S/C9H15BrClN5/c1-7(12-2)13-5-9(11)4-8(10)14-6-15-16(9)3/h4,6H,5H2,1-3H3,(H,12,13)(H,14,15). The summed E-state index contributed by atoms with van der Waals surface area (Å²) in [5, 5.41) is 11.9. The molecule has 0 aromatic heterocycles. The van der Waals surface area contributed by atoms with E-state index < -0.39 is 5.00 Å². The molecule has 1 unspecified atom stereocenters. The van der Waals surface area contributed by atoms with Crippen molar-refractivity contribution in [2.24, 2.45) is 10.1 Å². The summed E-state index contributed by atoms with van der Waals surface area (Å²) in [4.78, 5) is 3.28. The van der Waals surface area contributed by atoms with Crippen LogP contribution in [-0.4, -0.2) is 42.8 Å². The van der Waals surface area contributed by atoms with Gasteiger partial charge in [-0.25, -0.2) is 0 Å². The Morgan fingerprint density at radius 2 is 2.50 bits per heavy atom. The molecular formula is C9H15BrClN5. The van der Waals surface area contributed by atoms with E-state index in [1.165, 1.54) is 0 Å². The van der Waals surface area contributed by atoms with Crippen LogP contribution in [0.25, 0.3) is 0 Å². The fourth-order valence-corrected chi connectivity index (χ4v) is 1.93. The number of halogens is 2. The Morgan fingerprint density at radius 3 is 3.12 bits per heavy atom. The molecule has 0 spiro atoms. The normalized spacial score (nSPS) is 25.9. The molecule has 90 valence electrons. The molecule has 0 fully saturated rings. The van der Waals surface area contributed by atoms with Gasteiger partial charge in [-0.15, -0.1) is 0 Å². The molecule has 0 radical (unpaired) electrons. The van der Waals surface area contributed by atoms with Crippen LogP contribution in [0, 0.1) is 0 Å². The molecule has 1 aliphatic rings. The van der Waals surface area contributed by atoms with Gasteiger partial charge in [-0.3, -0.25) is 10.0 Å². The number of aliphatic imine (C=N–C) groups is 1. The molecule has 2 N–H and O–H groups in total. The maximum atomic E-state index is 6.47. The summed E-state index contributed by atoms with van der Waals surface area (Å²) >= 11 is 9.83. The molecule has 1 heterocycles. The van der Waals surface area contributed by atoms with Gasteiger partial charge in [-0.1, -0.05) is 11.6 Å². The minimum Gasteiger partial charge on any atom is -0.370 e. The van der Waals surface area contributed by atoms with E-state index in [1.807, 2.05) is 20.0 Å². The first-order valence-electron chi connectivity index (χ1n) is 4.75. The average Bonchev–Trinajstić information content (AvgIpc) is 2.36. The van der Waals surface area contributed by atoms with Crippen molar-refractivity contribution in [2.75, 3.05) is 20.6 Å². The molecule has 0 aliphatic carbocycles. The van der Waals surface area contributed by atoms with E-state index >= 15 is 0 Å². The smallest absolute Gasteiger partial charge is 0.168 e. The van der Waals surface area contributed by atoms with E-state index in [9.17, 15) is 0 Å². The summed E-state index contributed by atoms with van der Waals surface area (Å²) in [6.07, 6.45) is 3.42. The van der Waals surface area contributed by atoms with E-state index in [0.717, 1.165) is 10.4 Å². The van der Waals surface area contributed by atoms with Crippen molar-refractivity contribution in [3.63, 3.8) is 0 Å². The third kappa shape index (κ3) is 3.38. The number of nitrogens with one attached hydrogen (secondary N) is 2. The topological polar surface area (TPSA) is 52.0 Å². The lowest BCUT2D eigenvalue weighted by Crippen LogP contribution is -2.46. The molecule has 5 nitrogen and oxygen atoms in total. The fourth-order valence-electron chi connectivity index (χ4n) is 1.10. The number of nitrogens with zero attached hydrogens (tertiary/aromatic N) is 3. The summed E-state index contributed by atoms with van der Waals surface area (Å²) in [6.45, 7) is 2.39. The molecule has 7 heteroatoms. The third-order valence-electron chi connectivity index (χ3n) is 2.25. The summed E-state index contributed by atoms with van der Waals surface area (Å²) < 4.78 is 0.781. The van der Waals surface area contributed by atoms with Crippen LogP contribution in [0.1, 0.15) is 6.92 Å². The number of likely N-dealkylation sites (N-methyl/N-ethyl adjacent to an activating group) is 1. The van der Waals surface area contributed by atoms with Crippen LogP contribution >= 0.6 is 27.5 Å². The Bertz CT molecular complexity index is 341. The Labute approximate surface area is 109 Å². The van der Waals surface area contributed by atoms with Crippen molar-refractivity contribution < 1.29 is 0 Å². The maximum Gasteiger partial charge on any atom is 0.168 e. The first kappa shape index (κ1) is 13.3. The largest absolute Gasteiger partial charge is 0.370 e. The number of rotatable bonds is 2. The zero-order valence-electron chi connectivity index (χ0n) is 9.46. The predicted molar refractivity (Wildman–Crippen MR) is 72.0 cm³/mol. The van der Waals surface area contributed by atoms with E-state index in [-0.39, 0.29) is 0 Å². The molecule has 0 saturated heterocycles. The lowest BCUT2D eigenvalue weighted by atomic mass is 10.2. The molecule has 0 aromatic rings. The highest BCUT2D eigenvalue weighted by Crippen LogP contribution is 2.25. The van der Waals surface area contributed by atoms with Crippen LogP contribution in [0.3, 0.4) is 0 Å². The average molecular weight is 309 g/mol. The highest BCUT2D eigenvalue weighted by atomic mass is 79.9. The first-order chi connectivity index (χ1) is 7.48. The van der Waals surface area contributed by atoms with Crippen molar-refractivity contribution in [3.8, 4) is 0 Å². The van der Waals surface area contributed by atoms with E-state index in [2.05, 4.69) is 36.7 Å². The van der Waals surface area contributed by atoms with Crippen LogP contribution in [0.5, 0.6) is 0 Å². The summed E-state index contributed by atoms with van der Waals surface area (Å²) in [6, 6.07) is 0. The monoisotopic (exact) mass is 307 g/mol. The predicted octanol–water partition coefficient (Wildman–Crippen LogP) is 1.27. The Morgan fingerprint density at radius 1 is 1.81 bits per heavy atom. The molecule has 0 bridgehead atoms. The quantitative estimate of drug-likeness (QED) is 0.350. The number of amidine groups is 1. The van der Waals surface area contributed by atoms with Gasteiger partial charge in [-0.05, 0) is 28.9 Å². The maximum absolute atomic E-state index is 6.47. The van der Waals surface area contributed by atoms with Crippen LogP contribution < -0.4 is 10.6 Å². The van der Waals surface area contributed by atoms with Gasteiger partial charge in [0.05, 0.1) is 17.0 Å². The number of hydrogen-bond donors (Lipinski definition) is 2. The second-order valence-corrected chi connectivity index (χ2v) is 4.89. The molecule has 0 amide bonds. The van der Waals surface area contributed by atoms with Gasteiger partial charge in [0.15, 0.2) is 5.00 Å². The number of hydrogen-bond acceptors (Lipinski definition) is 4. The van der Waals surface area contributed by atoms with Crippen molar-refractivity contribution in [3.05, 3.63) is 10.7 Å². The molecule has 16 heavy (non-hydrogen) atoms. The zero-order chi connectivity index (χ0) is 12.2. The van der Waals surface area contributed by atoms with Crippen molar-refractivity contribution in [2.45, 2.75) is 11.9 Å². The third-order valence-corrected chi connectivity index (χ3v) is 3.19. The molecule has 0 aromatic carbocycles. The van der Waals surface area contributed by atoms with Gasteiger partial charge >= 0.3 is 0 Å². The van der Waals surface area contributed by atoms with Gasteiger partial charge in [0.1, 0.15) is 6.34 Å². The van der Waals surface area contributed by atoms with Gasteiger partial charge in [0.25, 0.3) is 0 Å². The minimum atomic E-state index is -0.731. The van der Waals surface area contributed by atoms with E-state index in [4.69, 9.17) is 11.6 Å². The summed E-state index contributed by atoms with van der Waals surface area (Å²) in [5.74, 6) is 0.833.